The van der Waals surface area contributed by atoms with Crippen LogP contribution in [-0.2, 0) is 0 Å². The van der Waals surface area contributed by atoms with Crippen LogP contribution in [0.2, 0.25) is 0 Å². The lowest BCUT2D eigenvalue weighted by Crippen LogP contribution is -1.83. The molecule has 1 aromatic carbocycles. The van der Waals surface area contributed by atoms with E-state index >= 15 is 0 Å². The second-order valence-corrected chi connectivity index (χ2v) is 3.50. The Morgan fingerprint density at radius 1 is 1.12 bits per heavy atom. The lowest BCUT2D eigenvalue weighted by molar-refractivity contribution is 0.439. The highest BCUT2D eigenvalue weighted by Gasteiger charge is 2.08. The minimum absolute atomic E-state index is 0.308. The number of anilines is 1. The molecular formula is C12H9N3O. The second-order valence-electron chi connectivity index (χ2n) is 3.50. The van der Waals surface area contributed by atoms with Gasteiger partial charge in [0.25, 0.3) is 0 Å². The van der Waals surface area contributed by atoms with Crippen molar-refractivity contribution in [3.8, 4) is 11.3 Å². The van der Waals surface area contributed by atoms with Gasteiger partial charge in [0.15, 0.2) is 0 Å². The maximum Gasteiger partial charge on any atom is 0.222 e. The Hall–Kier alpha value is -2.36. The van der Waals surface area contributed by atoms with Gasteiger partial charge in [0.1, 0.15) is 5.69 Å². The van der Waals surface area contributed by atoms with E-state index < -0.39 is 0 Å². The van der Waals surface area contributed by atoms with Crippen molar-refractivity contribution >= 4 is 16.8 Å². The zero-order chi connectivity index (χ0) is 11.0. The molecule has 3 aromatic rings. The minimum atomic E-state index is 0.308. The standard InChI is InChI=1S/C12H9N3O/c13-11-7-10(15-16-11)9-5-1-3-8-4-2-6-14-12(8)9/h1-7H,13H2. The number of aromatic nitrogens is 2. The normalized spacial score (nSPS) is 10.8. The van der Waals surface area contributed by atoms with E-state index in [1.54, 1.807) is 12.3 Å². The fourth-order valence-corrected chi connectivity index (χ4v) is 1.73. The third-order valence-corrected chi connectivity index (χ3v) is 2.44. The minimum Gasteiger partial charge on any atom is -0.368 e. The Kier molecular flexibility index (Phi) is 1.86. The number of pyridine rings is 1. The van der Waals surface area contributed by atoms with E-state index in [1.807, 2.05) is 30.3 Å². The molecule has 0 saturated carbocycles. The molecule has 2 aromatic heterocycles. The number of rotatable bonds is 1. The van der Waals surface area contributed by atoms with Gasteiger partial charge in [0.05, 0.1) is 5.52 Å². The number of nitrogen functional groups attached to an aromatic ring is 1. The molecule has 0 bridgehead atoms. The highest BCUT2D eigenvalue weighted by molar-refractivity contribution is 5.92. The predicted molar refractivity (Wildman–Crippen MR) is 61.7 cm³/mol. The van der Waals surface area contributed by atoms with Gasteiger partial charge in [0.2, 0.25) is 5.88 Å². The van der Waals surface area contributed by atoms with Gasteiger partial charge >= 0.3 is 0 Å². The number of fused-ring (bicyclic) bond motifs is 1. The molecule has 4 heteroatoms. The summed E-state index contributed by atoms with van der Waals surface area (Å²) in [6.07, 6.45) is 1.76. The Morgan fingerprint density at radius 2 is 2.00 bits per heavy atom. The molecule has 2 heterocycles. The molecule has 0 unspecified atom stereocenters. The molecule has 0 aliphatic rings. The van der Waals surface area contributed by atoms with E-state index in [0.717, 1.165) is 16.5 Å². The Bertz CT molecular complexity index is 640. The third kappa shape index (κ3) is 1.32. The van der Waals surface area contributed by atoms with Gasteiger partial charge in [-0.1, -0.05) is 29.4 Å². The third-order valence-electron chi connectivity index (χ3n) is 2.44. The molecule has 16 heavy (non-hydrogen) atoms. The van der Waals surface area contributed by atoms with E-state index in [1.165, 1.54) is 0 Å². The van der Waals surface area contributed by atoms with Crippen LogP contribution in [0.15, 0.2) is 47.1 Å². The maximum atomic E-state index is 5.51. The monoisotopic (exact) mass is 211 g/mol. The van der Waals surface area contributed by atoms with Crippen LogP contribution in [0.4, 0.5) is 5.88 Å². The molecule has 4 nitrogen and oxygen atoms in total. The summed E-state index contributed by atoms with van der Waals surface area (Å²) in [6, 6.07) is 11.5. The highest BCUT2D eigenvalue weighted by Crippen LogP contribution is 2.26. The van der Waals surface area contributed by atoms with Gasteiger partial charge in [-0.2, -0.15) is 0 Å². The second kappa shape index (κ2) is 3.34. The van der Waals surface area contributed by atoms with Crippen LogP contribution in [0.3, 0.4) is 0 Å². The van der Waals surface area contributed by atoms with Gasteiger partial charge in [-0.25, -0.2) is 0 Å². The van der Waals surface area contributed by atoms with Crippen molar-refractivity contribution in [2.75, 3.05) is 5.73 Å². The fraction of sp³-hybridized carbons (Fsp3) is 0. The van der Waals surface area contributed by atoms with E-state index in [2.05, 4.69) is 10.1 Å². The number of nitrogens with zero attached hydrogens (tertiary/aromatic N) is 2. The Labute approximate surface area is 91.7 Å². The van der Waals surface area contributed by atoms with Gasteiger partial charge in [-0.15, -0.1) is 0 Å². The van der Waals surface area contributed by atoms with Crippen molar-refractivity contribution < 1.29 is 4.52 Å². The highest BCUT2D eigenvalue weighted by atomic mass is 16.5. The zero-order valence-electron chi connectivity index (χ0n) is 8.42. The first-order valence-electron chi connectivity index (χ1n) is 4.91. The van der Waals surface area contributed by atoms with Crippen molar-refractivity contribution in [3.63, 3.8) is 0 Å². The van der Waals surface area contributed by atoms with E-state index in [9.17, 15) is 0 Å². The number of hydrogen-bond acceptors (Lipinski definition) is 4. The van der Waals surface area contributed by atoms with E-state index in [0.29, 0.717) is 11.6 Å². The first kappa shape index (κ1) is 8.91. The van der Waals surface area contributed by atoms with Gasteiger partial charge in [-0.3, -0.25) is 4.98 Å². The molecule has 0 aliphatic carbocycles. The Balaban J connectivity index is 2.31. The zero-order valence-corrected chi connectivity index (χ0v) is 8.42. The molecular weight excluding hydrogens is 202 g/mol. The van der Waals surface area contributed by atoms with Crippen LogP contribution in [0.5, 0.6) is 0 Å². The van der Waals surface area contributed by atoms with Crippen molar-refractivity contribution in [1.29, 1.82) is 0 Å². The van der Waals surface area contributed by atoms with Crippen LogP contribution in [0.1, 0.15) is 0 Å². The quantitative estimate of drug-likeness (QED) is 0.671. The van der Waals surface area contributed by atoms with Crippen molar-refractivity contribution in [1.82, 2.24) is 10.1 Å². The average molecular weight is 211 g/mol. The fourth-order valence-electron chi connectivity index (χ4n) is 1.73. The van der Waals surface area contributed by atoms with Crippen molar-refractivity contribution in [2.24, 2.45) is 0 Å². The van der Waals surface area contributed by atoms with Crippen molar-refractivity contribution in [2.45, 2.75) is 0 Å². The Morgan fingerprint density at radius 3 is 2.81 bits per heavy atom. The SMILES string of the molecule is Nc1cc(-c2cccc3cccnc23)no1. The van der Waals surface area contributed by atoms with Crippen LogP contribution >= 0.6 is 0 Å². The summed E-state index contributed by atoms with van der Waals surface area (Å²) in [5.74, 6) is 0.308. The largest absolute Gasteiger partial charge is 0.368 e. The lowest BCUT2D eigenvalue weighted by atomic mass is 10.1. The molecule has 0 amide bonds. The molecule has 0 aliphatic heterocycles. The van der Waals surface area contributed by atoms with Crippen LogP contribution < -0.4 is 5.73 Å². The summed E-state index contributed by atoms with van der Waals surface area (Å²) >= 11 is 0. The molecule has 78 valence electrons. The summed E-state index contributed by atoms with van der Waals surface area (Å²) < 4.78 is 4.87. The van der Waals surface area contributed by atoms with Crippen LogP contribution in [0, 0.1) is 0 Å². The first-order valence-corrected chi connectivity index (χ1v) is 4.91. The number of para-hydroxylation sites is 1. The molecule has 0 saturated heterocycles. The van der Waals surface area contributed by atoms with Crippen LogP contribution in [-0.4, -0.2) is 10.1 Å². The molecule has 2 N–H and O–H groups in total. The van der Waals surface area contributed by atoms with Crippen LogP contribution in [0.25, 0.3) is 22.2 Å². The summed E-state index contributed by atoms with van der Waals surface area (Å²) in [5, 5.41) is 4.97. The summed E-state index contributed by atoms with van der Waals surface area (Å²) in [6.45, 7) is 0. The smallest absolute Gasteiger partial charge is 0.222 e. The van der Waals surface area contributed by atoms with E-state index in [-0.39, 0.29) is 0 Å². The molecule has 0 radical (unpaired) electrons. The lowest BCUT2D eigenvalue weighted by Gasteiger charge is -2.00. The van der Waals surface area contributed by atoms with E-state index in [4.69, 9.17) is 10.3 Å². The summed E-state index contributed by atoms with van der Waals surface area (Å²) in [4.78, 5) is 4.34. The number of nitrogens with two attached hydrogens (primary N) is 1. The maximum absolute atomic E-state index is 5.51. The average Bonchev–Trinajstić information content (AvgIpc) is 2.75. The van der Waals surface area contributed by atoms with Gasteiger partial charge in [-0.05, 0) is 6.07 Å². The number of hydrogen-bond donors (Lipinski definition) is 1. The van der Waals surface area contributed by atoms with Crippen molar-refractivity contribution in [3.05, 3.63) is 42.6 Å². The number of benzene rings is 1. The summed E-state index contributed by atoms with van der Waals surface area (Å²) in [7, 11) is 0. The molecule has 0 atom stereocenters. The summed E-state index contributed by atoms with van der Waals surface area (Å²) in [5.41, 5.74) is 8.05. The first-order chi connectivity index (χ1) is 7.84. The predicted octanol–water partition coefficient (Wildman–Crippen LogP) is 2.47. The molecule has 3 rings (SSSR count). The van der Waals surface area contributed by atoms with Gasteiger partial charge in [0, 0.05) is 23.2 Å². The van der Waals surface area contributed by atoms with Gasteiger partial charge < -0.3 is 10.3 Å². The topological polar surface area (TPSA) is 64.9 Å². The molecule has 0 fully saturated rings. The molecule has 0 spiro atoms.